The minimum absolute atomic E-state index is 0.0137. The molecular formula is C29H33N3O5S2. The van der Waals surface area contributed by atoms with Gasteiger partial charge in [0.15, 0.2) is 0 Å². The molecule has 1 saturated carbocycles. The van der Waals surface area contributed by atoms with E-state index in [4.69, 9.17) is 14.3 Å². The fraction of sp³-hybridized carbons (Fsp3) is 0.414. The van der Waals surface area contributed by atoms with Gasteiger partial charge in [-0.15, -0.1) is 22.7 Å². The van der Waals surface area contributed by atoms with Crippen LogP contribution in [0.4, 0.5) is 0 Å². The van der Waals surface area contributed by atoms with Crippen LogP contribution in [0.1, 0.15) is 59.2 Å². The largest absolute Gasteiger partial charge is 0.392 e. The van der Waals surface area contributed by atoms with Gasteiger partial charge in [0.2, 0.25) is 11.7 Å². The smallest absolute Gasteiger partial charge is 0.355 e. The lowest BCUT2D eigenvalue weighted by Crippen LogP contribution is -2.38. The molecule has 1 N–H and O–H groups in total. The lowest BCUT2D eigenvalue weighted by molar-refractivity contribution is -0.303. The number of carbonyl (C=O) groups is 1. The second kappa shape index (κ2) is 13.5. The predicted octanol–water partition coefficient (Wildman–Crippen LogP) is 5.83. The van der Waals surface area contributed by atoms with Crippen LogP contribution in [0.2, 0.25) is 0 Å². The van der Waals surface area contributed by atoms with Crippen LogP contribution in [0.3, 0.4) is 0 Å². The molecule has 1 aliphatic rings. The summed E-state index contributed by atoms with van der Waals surface area (Å²) in [5.41, 5.74) is 1.72. The first-order chi connectivity index (χ1) is 19.1. The van der Waals surface area contributed by atoms with E-state index in [1.165, 1.54) is 0 Å². The maximum atomic E-state index is 12.9. The SMILES string of the molecule is CN(CCCc1nc(-c2ccc(CO)cc2)no1)C1CCC(OOC(=O)C(c2cccs2)c2cccs2)CC1. The van der Waals surface area contributed by atoms with Crippen molar-refractivity contribution in [2.24, 2.45) is 0 Å². The highest BCUT2D eigenvalue weighted by molar-refractivity contribution is 7.11. The Morgan fingerprint density at radius 3 is 2.38 bits per heavy atom. The fourth-order valence-corrected chi connectivity index (χ4v) is 6.66. The number of benzene rings is 1. The Hall–Kier alpha value is -2.89. The Kier molecular flexibility index (Phi) is 9.54. The molecule has 206 valence electrons. The molecule has 0 radical (unpaired) electrons. The normalized spacial score (nSPS) is 17.6. The van der Waals surface area contributed by atoms with Crippen LogP contribution in [-0.2, 0) is 27.6 Å². The van der Waals surface area contributed by atoms with E-state index in [1.54, 1.807) is 22.7 Å². The monoisotopic (exact) mass is 567 g/mol. The molecule has 5 rings (SSSR count). The number of rotatable bonds is 12. The lowest BCUT2D eigenvalue weighted by atomic mass is 9.92. The molecule has 0 spiro atoms. The molecule has 0 saturated heterocycles. The average Bonchev–Trinajstić information content (AvgIpc) is 3.77. The third-order valence-electron chi connectivity index (χ3n) is 7.19. The van der Waals surface area contributed by atoms with Crippen LogP contribution < -0.4 is 0 Å². The minimum Gasteiger partial charge on any atom is -0.392 e. The van der Waals surface area contributed by atoms with Crippen LogP contribution in [0.25, 0.3) is 11.4 Å². The summed E-state index contributed by atoms with van der Waals surface area (Å²) >= 11 is 3.11. The molecule has 1 aliphatic carbocycles. The van der Waals surface area contributed by atoms with Crippen molar-refractivity contribution in [1.82, 2.24) is 15.0 Å². The number of nitrogens with zero attached hydrogens (tertiary/aromatic N) is 3. The summed E-state index contributed by atoms with van der Waals surface area (Å²) in [7, 11) is 2.15. The van der Waals surface area contributed by atoms with Gasteiger partial charge >= 0.3 is 5.97 Å². The molecule has 10 heteroatoms. The standard InChI is InChI=1S/C29H33N3O5S2/c1-32(16-2-7-26-30-28(31-35-26)21-10-8-20(19-33)9-11-21)22-12-14-23(15-13-22)36-37-29(34)27(24-5-3-17-38-24)25-6-4-18-39-25/h3-6,8-11,17-18,22-23,27,33H,2,7,12-16,19H2,1H3. The van der Waals surface area contributed by atoms with Gasteiger partial charge in [0.1, 0.15) is 12.0 Å². The third kappa shape index (κ3) is 7.20. The summed E-state index contributed by atoms with van der Waals surface area (Å²) in [6.45, 7) is 0.942. The van der Waals surface area contributed by atoms with E-state index in [-0.39, 0.29) is 18.7 Å². The highest BCUT2D eigenvalue weighted by atomic mass is 32.1. The molecule has 1 fully saturated rings. The Morgan fingerprint density at radius 1 is 1.08 bits per heavy atom. The summed E-state index contributed by atoms with van der Waals surface area (Å²) in [6, 6.07) is 15.8. The predicted molar refractivity (Wildman–Crippen MR) is 150 cm³/mol. The Morgan fingerprint density at radius 2 is 1.77 bits per heavy atom. The van der Waals surface area contributed by atoms with Gasteiger partial charge in [0.25, 0.3) is 0 Å². The molecule has 3 aromatic heterocycles. The zero-order valence-electron chi connectivity index (χ0n) is 21.9. The van der Waals surface area contributed by atoms with Gasteiger partial charge in [0.05, 0.1) is 6.61 Å². The molecular weight excluding hydrogens is 534 g/mol. The minimum atomic E-state index is -0.436. The van der Waals surface area contributed by atoms with Crippen LogP contribution >= 0.6 is 22.7 Å². The highest BCUT2D eigenvalue weighted by Crippen LogP contribution is 2.33. The van der Waals surface area contributed by atoms with E-state index in [0.717, 1.165) is 66.0 Å². The second-order valence-corrected chi connectivity index (χ2v) is 11.8. The zero-order valence-corrected chi connectivity index (χ0v) is 23.5. The number of aliphatic hydroxyl groups excluding tert-OH is 1. The van der Waals surface area contributed by atoms with E-state index in [9.17, 15) is 9.90 Å². The van der Waals surface area contributed by atoms with Crippen molar-refractivity contribution in [2.75, 3.05) is 13.6 Å². The molecule has 0 aliphatic heterocycles. The first-order valence-corrected chi connectivity index (χ1v) is 15.0. The van der Waals surface area contributed by atoms with Crippen molar-refractivity contribution in [3.63, 3.8) is 0 Å². The molecule has 0 amide bonds. The second-order valence-electron chi connectivity index (χ2n) is 9.84. The zero-order chi connectivity index (χ0) is 27.0. The van der Waals surface area contributed by atoms with Gasteiger partial charge in [-0.2, -0.15) is 9.87 Å². The van der Waals surface area contributed by atoms with Crippen molar-refractivity contribution in [1.29, 1.82) is 0 Å². The van der Waals surface area contributed by atoms with Crippen LogP contribution in [0, 0.1) is 0 Å². The number of carbonyl (C=O) groups excluding carboxylic acids is 1. The van der Waals surface area contributed by atoms with Gasteiger partial charge in [-0.3, -0.25) is 4.89 Å². The summed E-state index contributed by atoms with van der Waals surface area (Å²) in [5, 5.41) is 17.2. The number of aliphatic hydroxyl groups is 1. The van der Waals surface area contributed by atoms with Crippen molar-refractivity contribution < 1.29 is 24.2 Å². The molecule has 8 nitrogen and oxygen atoms in total. The lowest BCUT2D eigenvalue weighted by Gasteiger charge is -2.33. The molecule has 0 bridgehead atoms. The first kappa shape index (κ1) is 27.7. The molecule has 4 aromatic rings. The first-order valence-electron chi connectivity index (χ1n) is 13.3. The van der Waals surface area contributed by atoms with Gasteiger partial charge in [-0.1, -0.05) is 41.6 Å². The van der Waals surface area contributed by atoms with Gasteiger partial charge in [-0.25, -0.2) is 4.79 Å². The summed E-state index contributed by atoms with van der Waals surface area (Å²) in [5.74, 6) is 0.408. The van der Waals surface area contributed by atoms with E-state index in [1.807, 2.05) is 59.3 Å². The maximum absolute atomic E-state index is 12.9. The van der Waals surface area contributed by atoms with Crippen molar-refractivity contribution in [2.45, 2.75) is 63.2 Å². The Balaban J connectivity index is 1.02. The van der Waals surface area contributed by atoms with Crippen molar-refractivity contribution >= 4 is 28.6 Å². The quantitative estimate of drug-likeness (QED) is 0.169. The molecule has 0 unspecified atom stereocenters. The van der Waals surface area contributed by atoms with Gasteiger partial charge in [0, 0.05) is 27.8 Å². The highest BCUT2D eigenvalue weighted by Gasteiger charge is 2.30. The van der Waals surface area contributed by atoms with Crippen LogP contribution in [0.15, 0.2) is 63.8 Å². The number of aromatic nitrogens is 2. The molecule has 3 heterocycles. The maximum Gasteiger partial charge on any atom is 0.355 e. The fourth-order valence-electron chi connectivity index (χ4n) is 4.92. The average molecular weight is 568 g/mol. The van der Waals surface area contributed by atoms with Gasteiger partial charge < -0.3 is 14.5 Å². The Labute approximate surface area is 236 Å². The third-order valence-corrected chi connectivity index (χ3v) is 9.06. The summed E-state index contributed by atoms with van der Waals surface area (Å²) in [6.07, 6.45) is 5.26. The molecule has 1 aromatic carbocycles. The summed E-state index contributed by atoms with van der Waals surface area (Å²) < 4.78 is 5.44. The van der Waals surface area contributed by atoms with Crippen molar-refractivity contribution in [3.05, 3.63) is 80.5 Å². The van der Waals surface area contributed by atoms with E-state index < -0.39 is 5.92 Å². The van der Waals surface area contributed by atoms with Crippen molar-refractivity contribution in [3.8, 4) is 11.4 Å². The van der Waals surface area contributed by atoms with E-state index in [2.05, 4.69) is 22.1 Å². The van der Waals surface area contributed by atoms with Crippen LogP contribution in [0.5, 0.6) is 0 Å². The van der Waals surface area contributed by atoms with Gasteiger partial charge in [-0.05, 0) is 74.2 Å². The topological polar surface area (TPSA) is 97.9 Å². The molecule has 0 atom stereocenters. The number of hydrogen-bond acceptors (Lipinski definition) is 10. The van der Waals surface area contributed by atoms with Crippen LogP contribution in [-0.4, -0.2) is 51.9 Å². The number of thiophene rings is 2. The van der Waals surface area contributed by atoms with E-state index >= 15 is 0 Å². The molecule has 39 heavy (non-hydrogen) atoms. The van der Waals surface area contributed by atoms with E-state index in [0.29, 0.717) is 17.8 Å². The summed E-state index contributed by atoms with van der Waals surface area (Å²) in [4.78, 5) is 32.8. The number of aryl methyl sites for hydroxylation is 1. The number of hydrogen-bond donors (Lipinski definition) is 1. The Bertz CT molecular complexity index is 1250.